The predicted octanol–water partition coefficient (Wildman–Crippen LogP) is 2.43. The quantitative estimate of drug-likeness (QED) is 0.790. The molecule has 0 fully saturated rings. The Hall–Kier alpha value is -2.87. The smallest absolute Gasteiger partial charge is 0.360 e. The molecule has 0 bridgehead atoms. The zero-order valence-electron chi connectivity index (χ0n) is 16.3. The first kappa shape index (κ1) is 19.9. The van der Waals surface area contributed by atoms with E-state index in [9.17, 15) is 14.4 Å². The van der Waals surface area contributed by atoms with Gasteiger partial charge in [0.05, 0.1) is 23.9 Å². The number of aryl methyl sites for hydroxylation is 1. The van der Waals surface area contributed by atoms with Crippen LogP contribution in [-0.4, -0.2) is 41.2 Å². The van der Waals surface area contributed by atoms with Gasteiger partial charge in [0, 0.05) is 17.8 Å². The van der Waals surface area contributed by atoms with Crippen molar-refractivity contribution < 1.29 is 19.1 Å². The zero-order valence-corrected chi connectivity index (χ0v) is 17.0. The molecular formula is C19H21ClN4O4. The lowest BCUT2D eigenvalue weighted by molar-refractivity contribution is -0.124. The van der Waals surface area contributed by atoms with Gasteiger partial charge in [-0.1, -0.05) is 11.6 Å². The molecule has 0 unspecified atom stereocenters. The second-order valence-electron chi connectivity index (χ2n) is 7.15. The van der Waals surface area contributed by atoms with E-state index < -0.39 is 17.3 Å². The van der Waals surface area contributed by atoms with E-state index in [0.717, 1.165) is 5.56 Å². The molecule has 0 aliphatic carbocycles. The maximum Gasteiger partial charge on any atom is 0.360 e. The highest BCUT2D eigenvalue weighted by Crippen LogP contribution is 2.42. The first-order valence-electron chi connectivity index (χ1n) is 8.61. The molecule has 2 heterocycles. The van der Waals surface area contributed by atoms with E-state index in [0.29, 0.717) is 16.4 Å². The number of nitrogens with one attached hydrogen (secondary N) is 1. The molecule has 2 amide bonds. The fourth-order valence-electron chi connectivity index (χ4n) is 3.28. The van der Waals surface area contributed by atoms with Crippen molar-refractivity contribution in [3.8, 4) is 0 Å². The van der Waals surface area contributed by atoms with Gasteiger partial charge >= 0.3 is 5.97 Å². The van der Waals surface area contributed by atoms with Crippen molar-refractivity contribution >= 4 is 40.8 Å². The number of ether oxygens (including phenoxy) is 1. The number of amides is 2. The molecule has 1 aromatic heterocycles. The van der Waals surface area contributed by atoms with Crippen molar-refractivity contribution in [2.75, 3.05) is 23.9 Å². The average Bonchev–Trinajstić information content (AvgIpc) is 3.02. The van der Waals surface area contributed by atoms with Crippen LogP contribution in [0.3, 0.4) is 0 Å². The van der Waals surface area contributed by atoms with Crippen LogP contribution in [0.2, 0.25) is 5.02 Å². The molecule has 2 aromatic rings. The third-order valence-corrected chi connectivity index (χ3v) is 5.22. The Kier molecular flexibility index (Phi) is 4.93. The van der Waals surface area contributed by atoms with Crippen molar-refractivity contribution in [3.63, 3.8) is 0 Å². The van der Waals surface area contributed by atoms with Crippen LogP contribution < -0.4 is 10.2 Å². The Morgan fingerprint density at radius 2 is 2.00 bits per heavy atom. The summed E-state index contributed by atoms with van der Waals surface area (Å²) in [5, 5.41) is 7.30. The first-order chi connectivity index (χ1) is 13.1. The monoisotopic (exact) mass is 404 g/mol. The highest BCUT2D eigenvalue weighted by molar-refractivity contribution is 6.31. The number of aromatic nitrogens is 2. The minimum atomic E-state index is -0.790. The highest BCUT2D eigenvalue weighted by Gasteiger charge is 2.44. The van der Waals surface area contributed by atoms with Crippen molar-refractivity contribution in [2.45, 2.75) is 26.2 Å². The number of esters is 1. The summed E-state index contributed by atoms with van der Waals surface area (Å²) in [5.74, 6) is -1.30. The Morgan fingerprint density at radius 3 is 2.64 bits per heavy atom. The molecule has 8 nitrogen and oxygen atoms in total. The second-order valence-corrected chi connectivity index (χ2v) is 7.59. The van der Waals surface area contributed by atoms with Crippen LogP contribution in [0.15, 0.2) is 18.2 Å². The number of benzene rings is 1. The van der Waals surface area contributed by atoms with Crippen LogP contribution in [0.25, 0.3) is 0 Å². The largest absolute Gasteiger partial charge is 0.464 e. The van der Waals surface area contributed by atoms with E-state index in [-0.39, 0.29) is 23.8 Å². The first-order valence-corrected chi connectivity index (χ1v) is 8.99. The lowest BCUT2D eigenvalue weighted by atomic mass is 9.86. The van der Waals surface area contributed by atoms with Gasteiger partial charge < -0.3 is 15.0 Å². The van der Waals surface area contributed by atoms with Gasteiger partial charge in [0.15, 0.2) is 5.69 Å². The van der Waals surface area contributed by atoms with Gasteiger partial charge in [-0.2, -0.15) is 5.10 Å². The van der Waals surface area contributed by atoms with Crippen molar-refractivity contribution in [1.82, 2.24) is 9.78 Å². The van der Waals surface area contributed by atoms with E-state index in [1.165, 1.54) is 16.7 Å². The average molecular weight is 405 g/mol. The molecule has 1 aliphatic rings. The van der Waals surface area contributed by atoms with Crippen LogP contribution in [0.4, 0.5) is 11.4 Å². The number of hydrogen-bond acceptors (Lipinski definition) is 5. The van der Waals surface area contributed by atoms with Gasteiger partial charge in [0.25, 0.3) is 0 Å². The summed E-state index contributed by atoms with van der Waals surface area (Å²) >= 11 is 6.08. The van der Waals surface area contributed by atoms with Crippen LogP contribution in [0.5, 0.6) is 0 Å². The molecule has 1 aromatic carbocycles. The summed E-state index contributed by atoms with van der Waals surface area (Å²) in [6.07, 6.45) is 0. The molecule has 148 valence electrons. The summed E-state index contributed by atoms with van der Waals surface area (Å²) in [7, 11) is 2.90. The predicted molar refractivity (Wildman–Crippen MR) is 105 cm³/mol. The third-order valence-electron chi connectivity index (χ3n) is 4.98. The number of halogens is 1. The highest BCUT2D eigenvalue weighted by atomic mass is 35.5. The van der Waals surface area contributed by atoms with E-state index in [2.05, 4.69) is 10.4 Å². The number of nitrogens with zero attached hydrogens (tertiary/aromatic N) is 3. The molecule has 9 heteroatoms. The molecule has 1 aliphatic heterocycles. The molecule has 1 N–H and O–H groups in total. The van der Waals surface area contributed by atoms with Gasteiger partial charge in [0.1, 0.15) is 6.54 Å². The van der Waals surface area contributed by atoms with Gasteiger partial charge in [-0.3, -0.25) is 14.3 Å². The summed E-state index contributed by atoms with van der Waals surface area (Å²) in [5.41, 5.74) is 1.49. The van der Waals surface area contributed by atoms with Gasteiger partial charge in [-0.05, 0) is 44.5 Å². The fraction of sp³-hybridized carbons (Fsp3) is 0.368. The SMILES string of the molecule is COC(=O)c1nn(C)c(C)c1NC(=O)CN1C(=O)C(C)(C)c2cc(Cl)ccc21. The molecule has 0 radical (unpaired) electrons. The summed E-state index contributed by atoms with van der Waals surface area (Å²) in [4.78, 5) is 38.9. The van der Waals surface area contributed by atoms with Gasteiger partial charge in [-0.25, -0.2) is 4.79 Å². The molecule has 0 saturated carbocycles. The molecule has 0 saturated heterocycles. The van der Waals surface area contributed by atoms with E-state index >= 15 is 0 Å². The standard InChI is InChI=1S/C19H21ClN4O4/c1-10-15(16(17(26)28-5)22-23(10)4)21-14(25)9-24-13-7-6-11(20)8-12(13)19(2,3)18(24)27/h6-8H,9H2,1-5H3,(H,21,25). The number of carbonyl (C=O) groups excluding carboxylic acids is 3. The minimum Gasteiger partial charge on any atom is -0.464 e. The lowest BCUT2D eigenvalue weighted by Gasteiger charge is -2.20. The topological polar surface area (TPSA) is 93.5 Å². The second kappa shape index (κ2) is 6.94. The summed E-state index contributed by atoms with van der Waals surface area (Å²) in [6.45, 7) is 5.11. The fourth-order valence-corrected chi connectivity index (χ4v) is 3.46. The van der Waals surface area contributed by atoms with E-state index in [4.69, 9.17) is 16.3 Å². The van der Waals surface area contributed by atoms with Gasteiger partial charge in [-0.15, -0.1) is 0 Å². The molecule has 28 heavy (non-hydrogen) atoms. The number of hydrogen-bond donors (Lipinski definition) is 1. The van der Waals surface area contributed by atoms with E-state index in [1.807, 2.05) is 0 Å². The van der Waals surface area contributed by atoms with Crippen LogP contribution in [0, 0.1) is 6.92 Å². The van der Waals surface area contributed by atoms with Crippen LogP contribution in [-0.2, 0) is 26.8 Å². The molecule has 0 atom stereocenters. The maximum absolute atomic E-state index is 12.9. The Morgan fingerprint density at radius 1 is 1.32 bits per heavy atom. The number of rotatable bonds is 4. The number of methoxy groups -OCH3 is 1. The Bertz CT molecular complexity index is 996. The van der Waals surface area contributed by atoms with Crippen LogP contribution >= 0.6 is 11.6 Å². The van der Waals surface area contributed by atoms with Crippen molar-refractivity contribution in [2.24, 2.45) is 7.05 Å². The Labute approximate surface area is 167 Å². The van der Waals surface area contributed by atoms with Gasteiger partial charge in [0.2, 0.25) is 11.8 Å². The summed E-state index contributed by atoms with van der Waals surface area (Å²) in [6, 6.07) is 5.15. The molecular weight excluding hydrogens is 384 g/mol. The number of anilines is 2. The normalized spacial score (nSPS) is 14.8. The van der Waals surface area contributed by atoms with Crippen LogP contribution in [0.1, 0.15) is 35.6 Å². The maximum atomic E-state index is 12.9. The third kappa shape index (κ3) is 3.13. The zero-order chi connectivity index (χ0) is 20.8. The lowest BCUT2D eigenvalue weighted by Crippen LogP contribution is -2.41. The number of fused-ring (bicyclic) bond motifs is 1. The minimum absolute atomic E-state index is 0.0103. The van der Waals surface area contributed by atoms with E-state index in [1.54, 1.807) is 46.0 Å². The van der Waals surface area contributed by atoms with Crippen molar-refractivity contribution in [1.29, 1.82) is 0 Å². The molecule has 0 spiro atoms. The van der Waals surface area contributed by atoms with Crippen molar-refractivity contribution in [3.05, 3.63) is 40.2 Å². The molecule has 3 rings (SSSR count). The number of carbonyl (C=O) groups is 3. The summed E-state index contributed by atoms with van der Waals surface area (Å²) < 4.78 is 6.19. The Balaban J connectivity index is 1.88.